The second kappa shape index (κ2) is 4.22. The van der Waals surface area contributed by atoms with Crippen molar-refractivity contribution < 1.29 is 4.39 Å². The van der Waals surface area contributed by atoms with Crippen molar-refractivity contribution in [1.82, 2.24) is 4.90 Å². The SMILES string of the molecule is CCCC1CC(F)CC(C)N1C. The number of alkyl halides is 1. The summed E-state index contributed by atoms with van der Waals surface area (Å²) in [6.07, 6.45) is 3.20. The zero-order valence-corrected chi connectivity index (χ0v) is 8.39. The van der Waals surface area contributed by atoms with Crippen LogP contribution in [0.15, 0.2) is 0 Å². The van der Waals surface area contributed by atoms with Crippen molar-refractivity contribution in [1.29, 1.82) is 0 Å². The monoisotopic (exact) mass is 173 g/mol. The van der Waals surface area contributed by atoms with Gasteiger partial charge in [-0.1, -0.05) is 13.3 Å². The first-order valence-corrected chi connectivity index (χ1v) is 5.01. The molecule has 1 rings (SSSR count). The standard InChI is InChI=1S/C10H20FN/c1-4-5-10-7-9(11)6-8(2)12(10)3/h8-10H,4-7H2,1-3H3. The van der Waals surface area contributed by atoms with Gasteiger partial charge < -0.3 is 4.90 Å². The molecule has 1 aliphatic rings. The molecule has 0 N–H and O–H groups in total. The average molecular weight is 173 g/mol. The molecule has 3 unspecified atom stereocenters. The van der Waals surface area contributed by atoms with Gasteiger partial charge in [0.1, 0.15) is 6.17 Å². The van der Waals surface area contributed by atoms with Gasteiger partial charge in [0, 0.05) is 12.1 Å². The molecule has 0 aromatic rings. The maximum Gasteiger partial charge on any atom is 0.103 e. The van der Waals surface area contributed by atoms with Crippen LogP contribution in [-0.4, -0.2) is 30.2 Å². The van der Waals surface area contributed by atoms with E-state index in [4.69, 9.17) is 0 Å². The summed E-state index contributed by atoms with van der Waals surface area (Å²) >= 11 is 0. The van der Waals surface area contributed by atoms with Crippen LogP contribution in [-0.2, 0) is 0 Å². The van der Waals surface area contributed by atoms with Gasteiger partial charge in [-0.3, -0.25) is 0 Å². The molecule has 2 heteroatoms. The van der Waals surface area contributed by atoms with E-state index in [-0.39, 0.29) is 0 Å². The van der Waals surface area contributed by atoms with Crippen LogP contribution in [0.2, 0.25) is 0 Å². The topological polar surface area (TPSA) is 3.24 Å². The summed E-state index contributed by atoms with van der Waals surface area (Å²) in [6, 6.07) is 0.902. The Balaban J connectivity index is 2.47. The van der Waals surface area contributed by atoms with E-state index in [1.165, 1.54) is 0 Å². The third-order valence-corrected chi connectivity index (χ3v) is 3.02. The number of nitrogens with zero attached hydrogens (tertiary/aromatic N) is 1. The molecule has 1 nitrogen and oxygen atoms in total. The number of hydrogen-bond acceptors (Lipinski definition) is 1. The summed E-state index contributed by atoms with van der Waals surface area (Å²) in [7, 11) is 2.12. The first-order chi connectivity index (χ1) is 5.65. The molecule has 0 radical (unpaired) electrons. The van der Waals surface area contributed by atoms with Gasteiger partial charge in [-0.15, -0.1) is 0 Å². The first-order valence-electron chi connectivity index (χ1n) is 5.01. The summed E-state index contributed by atoms with van der Waals surface area (Å²) in [4.78, 5) is 2.33. The molecule has 0 bridgehead atoms. The van der Waals surface area contributed by atoms with E-state index in [0.717, 1.165) is 25.7 Å². The van der Waals surface area contributed by atoms with Gasteiger partial charge >= 0.3 is 0 Å². The fraction of sp³-hybridized carbons (Fsp3) is 1.00. The number of halogens is 1. The molecular formula is C10H20FN. The van der Waals surface area contributed by atoms with E-state index in [2.05, 4.69) is 25.8 Å². The fourth-order valence-electron chi connectivity index (χ4n) is 2.11. The van der Waals surface area contributed by atoms with Crippen molar-refractivity contribution in [3.8, 4) is 0 Å². The quantitative estimate of drug-likeness (QED) is 0.620. The zero-order chi connectivity index (χ0) is 9.14. The van der Waals surface area contributed by atoms with Crippen LogP contribution in [0.4, 0.5) is 4.39 Å². The molecule has 0 saturated carbocycles. The van der Waals surface area contributed by atoms with E-state index in [9.17, 15) is 4.39 Å². The zero-order valence-electron chi connectivity index (χ0n) is 8.39. The molecule has 1 saturated heterocycles. The van der Waals surface area contributed by atoms with Crippen molar-refractivity contribution in [2.24, 2.45) is 0 Å². The van der Waals surface area contributed by atoms with Gasteiger partial charge in [-0.25, -0.2) is 4.39 Å². The lowest BCUT2D eigenvalue weighted by atomic mass is 9.93. The molecule has 1 heterocycles. The van der Waals surface area contributed by atoms with Crippen molar-refractivity contribution in [2.45, 2.75) is 57.8 Å². The largest absolute Gasteiger partial charge is 0.301 e. The predicted molar refractivity (Wildman–Crippen MR) is 50.1 cm³/mol. The average Bonchev–Trinajstić information content (AvgIpc) is 2.00. The highest BCUT2D eigenvalue weighted by Crippen LogP contribution is 2.26. The minimum Gasteiger partial charge on any atom is -0.301 e. The molecule has 12 heavy (non-hydrogen) atoms. The number of piperidine rings is 1. The van der Waals surface area contributed by atoms with Crippen molar-refractivity contribution in [3.05, 3.63) is 0 Å². The van der Waals surface area contributed by atoms with E-state index in [0.29, 0.717) is 12.1 Å². The van der Waals surface area contributed by atoms with Crippen LogP contribution >= 0.6 is 0 Å². The number of rotatable bonds is 2. The third kappa shape index (κ3) is 2.19. The van der Waals surface area contributed by atoms with E-state index in [1.807, 2.05) is 0 Å². The maximum absolute atomic E-state index is 13.2. The summed E-state index contributed by atoms with van der Waals surface area (Å²) in [5.74, 6) is 0. The number of likely N-dealkylation sites (tertiary alicyclic amines) is 1. The van der Waals surface area contributed by atoms with Crippen LogP contribution in [0.3, 0.4) is 0 Å². The van der Waals surface area contributed by atoms with Gasteiger partial charge in [0.15, 0.2) is 0 Å². The Bertz CT molecular complexity index is 138. The van der Waals surface area contributed by atoms with E-state index in [1.54, 1.807) is 0 Å². The molecule has 72 valence electrons. The highest BCUT2D eigenvalue weighted by molar-refractivity contribution is 4.84. The minimum absolute atomic E-state index is 0.422. The van der Waals surface area contributed by atoms with Gasteiger partial charge in [0.2, 0.25) is 0 Å². The second-order valence-electron chi connectivity index (χ2n) is 4.03. The predicted octanol–water partition coefficient (Wildman–Crippen LogP) is 2.61. The van der Waals surface area contributed by atoms with Gasteiger partial charge in [-0.2, -0.15) is 0 Å². The maximum atomic E-state index is 13.2. The lowest BCUT2D eigenvalue weighted by Gasteiger charge is -2.39. The van der Waals surface area contributed by atoms with E-state index < -0.39 is 6.17 Å². The summed E-state index contributed by atoms with van der Waals surface area (Å²) in [5.41, 5.74) is 0. The van der Waals surface area contributed by atoms with Gasteiger partial charge in [-0.05, 0) is 33.2 Å². The Labute approximate surface area is 74.9 Å². The Hall–Kier alpha value is -0.110. The number of hydrogen-bond donors (Lipinski definition) is 0. The lowest BCUT2D eigenvalue weighted by molar-refractivity contribution is 0.0628. The van der Waals surface area contributed by atoms with Crippen molar-refractivity contribution >= 4 is 0 Å². The highest BCUT2D eigenvalue weighted by atomic mass is 19.1. The van der Waals surface area contributed by atoms with Gasteiger partial charge in [0.05, 0.1) is 0 Å². The van der Waals surface area contributed by atoms with Crippen LogP contribution in [0, 0.1) is 0 Å². The van der Waals surface area contributed by atoms with E-state index >= 15 is 0 Å². The normalized spacial score (nSPS) is 38.5. The lowest BCUT2D eigenvalue weighted by Crippen LogP contribution is -2.46. The molecular weight excluding hydrogens is 153 g/mol. The molecule has 0 aromatic heterocycles. The third-order valence-electron chi connectivity index (χ3n) is 3.02. The minimum atomic E-state index is -0.562. The summed E-state index contributed by atoms with van der Waals surface area (Å²) in [5, 5.41) is 0. The fourth-order valence-corrected chi connectivity index (χ4v) is 2.11. The smallest absolute Gasteiger partial charge is 0.103 e. The van der Waals surface area contributed by atoms with Crippen LogP contribution < -0.4 is 0 Å². The molecule has 0 aromatic carbocycles. The van der Waals surface area contributed by atoms with Crippen molar-refractivity contribution in [2.75, 3.05) is 7.05 Å². The molecule has 3 atom stereocenters. The van der Waals surface area contributed by atoms with Crippen LogP contribution in [0.25, 0.3) is 0 Å². The Morgan fingerprint density at radius 1 is 1.42 bits per heavy atom. The molecule has 0 spiro atoms. The van der Waals surface area contributed by atoms with Crippen molar-refractivity contribution in [3.63, 3.8) is 0 Å². The van der Waals surface area contributed by atoms with Crippen LogP contribution in [0.1, 0.15) is 39.5 Å². The van der Waals surface area contributed by atoms with Gasteiger partial charge in [0.25, 0.3) is 0 Å². The summed E-state index contributed by atoms with van der Waals surface area (Å²) in [6.45, 7) is 4.29. The molecule has 1 aliphatic heterocycles. The Morgan fingerprint density at radius 2 is 2.08 bits per heavy atom. The Morgan fingerprint density at radius 3 is 2.67 bits per heavy atom. The molecule has 0 amide bonds. The summed E-state index contributed by atoms with van der Waals surface area (Å²) < 4.78 is 13.2. The highest BCUT2D eigenvalue weighted by Gasteiger charge is 2.29. The first kappa shape index (κ1) is 9.97. The molecule has 0 aliphatic carbocycles. The second-order valence-corrected chi connectivity index (χ2v) is 4.03. The molecule has 1 fully saturated rings. The van der Waals surface area contributed by atoms with Crippen LogP contribution in [0.5, 0.6) is 0 Å². The Kier molecular flexibility index (Phi) is 3.51.